The molecule has 0 aliphatic carbocycles. The molecule has 0 aliphatic heterocycles. The average molecular weight is 258 g/mol. The number of halogens is 1. The number of hydrogen-bond donors (Lipinski definition) is 1. The van der Waals surface area contributed by atoms with Crippen LogP contribution in [0.4, 0.5) is 0 Å². The number of carbonyl (C=O) groups excluding carboxylic acids is 1. The summed E-state index contributed by atoms with van der Waals surface area (Å²) in [5, 5.41) is 3.64. The van der Waals surface area contributed by atoms with Gasteiger partial charge >= 0.3 is 0 Å². The van der Waals surface area contributed by atoms with Crippen molar-refractivity contribution in [2.24, 2.45) is 0 Å². The smallest absolute Gasteiger partial charge is 0.230 e. The van der Waals surface area contributed by atoms with E-state index in [9.17, 15) is 4.79 Å². The van der Waals surface area contributed by atoms with Gasteiger partial charge in [-0.1, -0.05) is 18.5 Å². The highest BCUT2D eigenvalue weighted by Crippen LogP contribution is 2.19. The van der Waals surface area contributed by atoms with Crippen LogP contribution >= 0.6 is 23.4 Å². The summed E-state index contributed by atoms with van der Waals surface area (Å²) in [6.07, 6.45) is 0.956. The van der Waals surface area contributed by atoms with Gasteiger partial charge in [-0.25, -0.2) is 0 Å². The van der Waals surface area contributed by atoms with E-state index in [1.165, 1.54) is 11.8 Å². The van der Waals surface area contributed by atoms with Gasteiger partial charge in [0, 0.05) is 16.0 Å². The fraction of sp³-hybridized carbons (Fsp3) is 0.417. The summed E-state index contributed by atoms with van der Waals surface area (Å²) in [6.45, 7) is 4.06. The lowest BCUT2D eigenvalue weighted by Gasteiger charge is -2.10. The molecular weight excluding hydrogens is 242 g/mol. The molecule has 1 atom stereocenters. The van der Waals surface area contributed by atoms with Crippen LogP contribution in [0.25, 0.3) is 0 Å². The summed E-state index contributed by atoms with van der Waals surface area (Å²) in [6, 6.07) is 7.75. The van der Waals surface area contributed by atoms with E-state index in [1.54, 1.807) is 0 Å². The summed E-state index contributed by atoms with van der Waals surface area (Å²) in [5.41, 5.74) is 0. The van der Waals surface area contributed by atoms with Gasteiger partial charge in [0.1, 0.15) is 0 Å². The molecule has 0 fully saturated rings. The van der Waals surface area contributed by atoms with Crippen LogP contribution in [0.3, 0.4) is 0 Å². The minimum Gasteiger partial charge on any atom is -0.353 e. The molecule has 0 unspecified atom stereocenters. The van der Waals surface area contributed by atoms with Crippen molar-refractivity contribution in [3.05, 3.63) is 29.3 Å². The zero-order chi connectivity index (χ0) is 12.0. The van der Waals surface area contributed by atoms with Crippen LogP contribution in [0.15, 0.2) is 29.2 Å². The lowest BCUT2D eigenvalue weighted by Crippen LogP contribution is -2.33. The van der Waals surface area contributed by atoms with Gasteiger partial charge in [-0.2, -0.15) is 0 Å². The molecule has 1 aromatic rings. The molecule has 2 nitrogen and oxygen atoms in total. The zero-order valence-electron chi connectivity index (χ0n) is 9.50. The summed E-state index contributed by atoms with van der Waals surface area (Å²) >= 11 is 7.29. The van der Waals surface area contributed by atoms with Crippen molar-refractivity contribution < 1.29 is 4.79 Å². The van der Waals surface area contributed by atoms with Crippen LogP contribution in [-0.2, 0) is 4.79 Å². The van der Waals surface area contributed by atoms with Crippen molar-refractivity contribution >= 4 is 29.3 Å². The van der Waals surface area contributed by atoms with E-state index in [-0.39, 0.29) is 11.9 Å². The number of amides is 1. The van der Waals surface area contributed by atoms with Crippen LogP contribution in [0.1, 0.15) is 20.3 Å². The Morgan fingerprint density at radius 3 is 2.62 bits per heavy atom. The topological polar surface area (TPSA) is 29.1 Å². The third kappa shape index (κ3) is 4.90. The second kappa shape index (κ2) is 6.81. The third-order valence-corrected chi connectivity index (χ3v) is 3.47. The van der Waals surface area contributed by atoms with Crippen LogP contribution in [0, 0.1) is 0 Å². The van der Waals surface area contributed by atoms with E-state index in [0.29, 0.717) is 10.8 Å². The molecular formula is C12H16ClNOS. The third-order valence-electron chi connectivity index (χ3n) is 2.20. The Morgan fingerprint density at radius 2 is 2.06 bits per heavy atom. The Kier molecular flexibility index (Phi) is 5.71. The molecule has 0 spiro atoms. The SMILES string of the molecule is CC[C@@H](C)NC(=O)CSc1ccc(Cl)cc1. The summed E-state index contributed by atoms with van der Waals surface area (Å²) in [5.74, 6) is 0.528. The van der Waals surface area contributed by atoms with Gasteiger partial charge < -0.3 is 5.32 Å². The molecule has 1 N–H and O–H groups in total. The van der Waals surface area contributed by atoms with Gasteiger partial charge in [0.25, 0.3) is 0 Å². The Labute approximate surface area is 106 Å². The monoisotopic (exact) mass is 257 g/mol. The average Bonchev–Trinajstić information content (AvgIpc) is 2.28. The Bertz CT molecular complexity index is 339. The molecule has 1 aromatic carbocycles. The highest BCUT2D eigenvalue weighted by molar-refractivity contribution is 8.00. The molecule has 1 amide bonds. The van der Waals surface area contributed by atoms with Crippen molar-refractivity contribution in [1.82, 2.24) is 5.32 Å². The summed E-state index contributed by atoms with van der Waals surface area (Å²) < 4.78 is 0. The van der Waals surface area contributed by atoms with Crippen molar-refractivity contribution in [3.8, 4) is 0 Å². The first-order valence-electron chi connectivity index (χ1n) is 5.29. The van der Waals surface area contributed by atoms with Crippen LogP contribution in [-0.4, -0.2) is 17.7 Å². The zero-order valence-corrected chi connectivity index (χ0v) is 11.1. The minimum atomic E-state index is 0.0781. The quantitative estimate of drug-likeness (QED) is 0.820. The number of rotatable bonds is 5. The Morgan fingerprint density at radius 1 is 1.44 bits per heavy atom. The van der Waals surface area contributed by atoms with Gasteiger partial charge in [-0.3, -0.25) is 4.79 Å². The fourth-order valence-electron chi connectivity index (χ4n) is 1.10. The molecule has 0 radical (unpaired) electrons. The molecule has 0 aromatic heterocycles. The van der Waals surface area contributed by atoms with E-state index in [1.807, 2.05) is 31.2 Å². The number of thioether (sulfide) groups is 1. The molecule has 88 valence electrons. The Hall–Kier alpha value is -0.670. The largest absolute Gasteiger partial charge is 0.353 e. The highest BCUT2D eigenvalue weighted by atomic mass is 35.5. The van der Waals surface area contributed by atoms with Gasteiger partial charge in [0.15, 0.2) is 0 Å². The lowest BCUT2D eigenvalue weighted by atomic mass is 10.3. The van der Waals surface area contributed by atoms with Gasteiger partial charge in [-0.15, -0.1) is 11.8 Å². The number of nitrogens with one attached hydrogen (secondary N) is 1. The first kappa shape index (κ1) is 13.4. The summed E-state index contributed by atoms with van der Waals surface area (Å²) in [7, 11) is 0. The number of hydrogen-bond acceptors (Lipinski definition) is 2. The van der Waals surface area contributed by atoms with Gasteiger partial charge in [-0.05, 0) is 37.6 Å². The Balaban J connectivity index is 2.34. The van der Waals surface area contributed by atoms with Crippen molar-refractivity contribution in [2.75, 3.05) is 5.75 Å². The molecule has 4 heteroatoms. The second-order valence-electron chi connectivity index (χ2n) is 3.62. The van der Waals surface area contributed by atoms with Gasteiger partial charge in [0.05, 0.1) is 5.75 Å². The van der Waals surface area contributed by atoms with E-state index in [4.69, 9.17) is 11.6 Å². The van der Waals surface area contributed by atoms with E-state index < -0.39 is 0 Å². The van der Waals surface area contributed by atoms with E-state index in [2.05, 4.69) is 12.2 Å². The highest BCUT2D eigenvalue weighted by Gasteiger charge is 2.05. The van der Waals surface area contributed by atoms with Gasteiger partial charge in [0.2, 0.25) is 5.91 Å². The first-order chi connectivity index (χ1) is 7.61. The molecule has 0 saturated heterocycles. The lowest BCUT2D eigenvalue weighted by molar-refractivity contribution is -0.119. The maximum atomic E-state index is 11.5. The standard InChI is InChI=1S/C12H16ClNOS/c1-3-9(2)14-12(15)8-16-11-6-4-10(13)5-7-11/h4-7,9H,3,8H2,1-2H3,(H,14,15)/t9-/m1/s1. The maximum Gasteiger partial charge on any atom is 0.230 e. The molecule has 0 bridgehead atoms. The normalized spacial score (nSPS) is 12.2. The summed E-state index contributed by atoms with van der Waals surface area (Å²) in [4.78, 5) is 12.6. The minimum absolute atomic E-state index is 0.0781. The molecule has 0 heterocycles. The van der Waals surface area contributed by atoms with Crippen molar-refractivity contribution in [1.29, 1.82) is 0 Å². The molecule has 0 aliphatic rings. The second-order valence-corrected chi connectivity index (χ2v) is 5.10. The van der Waals surface area contributed by atoms with Crippen LogP contribution < -0.4 is 5.32 Å². The first-order valence-corrected chi connectivity index (χ1v) is 6.66. The molecule has 1 rings (SSSR count). The molecule has 0 saturated carbocycles. The fourth-order valence-corrected chi connectivity index (χ4v) is 1.93. The van der Waals surface area contributed by atoms with Crippen LogP contribution in [0.5, 0.6) is 0 Å². The predicted octanol–water partition coefficient (Wildman–Crippen LogP) is 3.35. The predicted molar refractivity (Wildman–Crippen MR) is 70.1 cm³/mol. The van der Waals surface area contributed by atoms with Crippen molar-refractivity contribution in [2.45, 2.75) is 31.2 Å². The van der Waals surface area contributed by atoms with Crippen LogP contribution in [0.2, 0.25) is 5.02 Å². The van der Waals surface area contributed by atoms with Crippen molar-refractivity contribution in [3.63, 3.8) is 0 Å². The van der Waals surface area contributed by atoms with E-state index >= 15 is 0 Å². The van der Waals surface area contributed by atoms with E-state index in [0.717, 1.165) is 11.3 Å². The maximum absolute atomic E-state index is 11.5. The molecule has 16 heavy (non-hydrogen) atoms. The number of carbonyl (C=O) groups is 1. The number of benzene rings is 1.